The highest BCUT2D eigenvalue weighted by molar-refractivity contribution is 5.91. The van der Waals surface area contributed by atoms with Crippen LogP contribution in [0.15, 0.2) is 42.6 Å². The maximum atomic E-state index is 13.0. The minimum atomic E-state index is -0.0186. The second kappa shape index (κ2) is 8.46. The van der Waals surface area contributed by atoms with Gasteiger partial charge in [0, 0.05) is 50.9 Å². The lowest BCUT2D eigenvalue weighted by atomic mass is 9.71. The Hall–Kier alpha value is -2.67. The molecular formula is C24H31N5O2. The van der Waals surface area contributed by atoms with E-state index in [2.05, 4.69) is 44.5 Å². The Bertz CT molecular complexity index is 942. The fraction of sp³-hybridized carbons (Fsp3) is 0.542. The largest absolute Gasteiger partial charge is 0.336 e. The van der Waals surface area contributed by atoms with E-state index in [-0.39, 0.29) is 11.9 Å². The molecule has 0 aliphatic carbocycles. The highest BCUT2D eigenvalue weighted by Gasteiger charge is 2.49. The zero-order chi connectivity index (χ0) is 21.4. The maximum absolute atomic E-state index is 13.0. The Labute approximate surface area is 183 Å². The molecule has 164 valence electrons. The number of benzene rings is 1. The van der Waals surface area contributed by atoms with Gasteiger partial charge in [-0.05, 0) is 43.1 Å². The number of anilines is 1. The molecule has 0 unspecified atom stereocenters. The lowest BCUT2D eigenvalue weighted by Crippen LogP contribution is -2.65. The molecule has 5 rings (SSSR count). The first-order valence-electron chi connectivity index (χ1n) is 11.4. The summed E-state index contributed by atoms with van der Waals surface area (Å²) in [5.41, 5.74) is 1.29. The molecule has 2 amide bonds. The van der Waals surface area contributed by atoms with Crippen molar-refractivity contribution in [3.05, 3.63) is 48.2 Å². The lowest BCUT2D eigenvalue weighted by Gasteiger charge is -2.56. The van der Waals surface area contributed by atoms with Gasteiger partial charge in [-0.1, -0.05) is 30.3 Å². The number of hydrogen-bond acceptors (Lipinski definition) is 4. The van der Waals surface area contributed by atoms with Crippen LogP contribution in [0.1, 0.15) is 31.2 Å². The van der Waals surface area contributed by atoms with Crippen molar-refractivity contribution in [1.82, 2.24) is 19.6 Å². The minimum Gasteiger partial charge on any atom is -0.336 e. The van der Waals surface area contributed by atoms with E-state index in [0.29, 0.717) is 42.6 Å². The van der Waals surface area contributed by atoms with Crippen molar-refractivity contribution in [2.24, 2.45) is 18.9 Å². The van der Waals surface area contributed by atoms with Crippen molar-refractivity contribution in [2.75, 3.05) is 25.0 Å². The summed E-state index contributed by atoms with van der Waals surface area (Å²) in [4.78, 5) is 30.2. The van der Waals surface area contributed by atoms with E-state index in [0.717, 1.165) is 38.8 Å². The second-order valence-electron chi connectivity index (χ2n) is 9.39. The standard InChI is InChI=1S/C24H31N5O2/c1-27-11-10-22(26-27)25-23(30)16-28-14-18-13-19(15-28)21(12-17-6-3-2-4-7-17)29-20(18)8-5-9-24(29)31/h2-4,6-7,10-11,18-21H,5,8-9,12-16H2,1H3,(H,25,26,30)/t18-,19+,20+,21+/m1/s1. The van der Waals surface area contributed by atoms with Crippen LogP contribution in [0.3, 0.4) is 0 Å². The Kier molecular flexibility index (Phi) is 5.52. The predicted octanol–water partition coefficient (Wildman–Crippen LogP) is 2.30. The number of piperidine rings is 3. The number of aryl methyl sites for hydroxylation is 1. The van der Waals surface area contributed by atoms with Crippen LogP contribution in [0, 0.1) is 11.8 Å². The molecule has 1 aromatic carbocycles. The molecule has 7 heteroatoms. The lowest BCUT2D eigenvalue weighted by molar-refractivity contribution is -0.153. The molecule has 4 heterocycles. The Morgan fingerprint density at radius 2 is 1.97 bits per heavy atom. The first kappa shape index (κ1) is 20.2. The third-order valence-electron chi connectivity index (χ3n) is 7.21. The van der Waals surface area contributed by atoms with Gasteiger partial charge in [-0.15, -0.1) is 0 Å². The summed E-state index contributed by atoms with van der Waals surface area (Å²) in [6.45, 7) is 2.13. The fourth-order valence-corrected chi connectivity index (χ4v) is 5.99. The molecule has 2 aromatic rings. The van der Waals surface area contributed by atoms with E-state index in [9.17, 15) is 9.59 Å². The topological polar surface area (TPSA) is 70.5 Å². The van der Waals surface area contributed by atoms with Crippen molar-refractivity contribution in [2.45, 2.75) is 44.2 Å². The van der Waals surface area contributed by atoms with Gasteiger partial charge < -0.3 is 10.2 Å². The van der Waals surface area contributed by atoms with Gasteiger partial charge in [0.25, 0.3) is 0 Å². The van der Waals surface area contributed by atoms with Gasteiger partial charge in [0.15, 0.2) is 5.82 Å². The van der Waals surface area contributed by atoms with E-state index in [1.165, 1.54) is 5.56 Å². The van der Waals surface area contributed by atoms with Gasteiger partial charge in [0.1, 0.15) is 0 Å². The summed E-state index contributed by atoms with van der Waals surface area (Å²) < 4.78 is 1.68. The predicted molar refractivity (Wildman–Crippen MR) is 118 cm³/mol. The molecule has 3 aliphatic heterocycles. The average molecular weight is 422 g/mol. The van der Waals surface area contributed by atoms with E-state index >= 15 is 0 Å². The number of fused-ring (bicyclic) bond motifs is 4. The summed E-state index contributed by atoms with van der Waals surface area (Å²) >= 11 is 0. The molecule has 3 saturated heterocycles. The molecule has 4 atom stereocenters. The number of hydrogen-bond donors (Lipinski definition) is 1. The molecule has 0 spiro atoms. The van der Waals surface area contributed by atoms with E-state index in [1.807, 2.05) is 25.4 Å². The second-order valence-corrected chi connectivity index (χ2v) is 9.39. The molecule has 31 heavy (non-hydrogen) atoms. The first-order chi connectivity index (χ1) is 15.1. The van der Waals surface area contributed by atoms with Crippen molar-refractivity contribution >= 4 is 17.6 Å². The third kappa shape index (κ3) is 4.24. The van der Waals surface area contributed by atoms with E-state index in [4.69, 9.17) is 0 Å². The fourth-order valence-electron chi connectivity index (χ4n) is 5.99. The molecule has 3 aliphatic rings. The van der Waals surface area contributed by atoms with E-state index in [1.54, 1.807) is 4.68 Å². The van der Waals surface area contributed by atoms with Crippen LogP contribution in [0.25, 0.3) is 0 Å². The van der Waals surface area contributed by atoms with Crippen molar-refractivity contribution in [1.29, 1.82) is 0 Å². The van der Waals surface area contributed by atoms with Gasteiger partial charge in [0.05, 0.1) is 6.54 Å². The number of aromatic nitrogens is 2. The molecular weight excluding hydrogens is 390 g/mol. The summed E-state index contributed by atoms with van der Waals surface area (Å²) in [6.07, 6.45) is 6.63. The van der Waals surface area contributed by atoms with Crippen molar-refractivity contribution in [3.63, 3.8) is 0 Å². The summed E-state index contributed by atoms with van der Waals surface area (Å²) in [7, 11) is 1.84. The summed E-state index contributed by atoms with van der Waals surface area (Å²) in [5.74, 6) is 1.76. The van der Waals surface area contributed by atoms with Crippen LogP contribution in [-0.4, -0.2) is 63.1 Å². The molecule has 2 bridgehead atoms. The van der Waals surface area contributed by atoms with Gasteiger partial charge in [-0.3, -0.25) is 19.2 Å². The SMILES string of the molecule is Cn1ccc(NC(=O)CN2C[C@H]3C[C@@H](C2)[C@H](Cc2ccccc2)N2C(=O)CCC[C@@H]32)n1. The molecule has 7 nitrogen and oxygen atoms in total. The zero-order valence-electron chi connectivity index (χ0n) is 18.1. The molecule has 0 radical (unpaired) electrons. The molecule has 0 saturated carbocycles. The summed E-state index contributed by atoms with van der Waals surface area (Å²) in [6, 6.07) is 12.9. The summed E-state index contributed by atoms with van der Waals surface area (Å²) in [5, 5.41) is 7.16. The van der Waals surface area contributed by atoms with E-state index < -0.39 is 0 Å². The normalized spacial score (nSPS) is 28.3. The van der Waals surface area contributed by atoms with Crippen LogP contribution < -0.4 is 5.32 Å². The Morgan fingerprint density at radius 3 is 2.74 bits per heavy atom. The quantitative estimate of drug-likeness (QED) is 0.804. The maximum Gasteiger partial charge on any atom is 0.239 e. The average Bonchev–Trinajstić information content (AvgIpc) is 3.16. The smallest absolute Gasteiger partial charge is 0.239 e. The van der Waals surface area contributed by atoms with Crippen molar-refractivity contribution in [3.8, 4) is 0 Å². The van der Waals surface area contributed by atoms with Gasteiger partial charge in [0.2, 0.25) is 11.8 Å². The van der Waals surface area contributed by atoms with Crippen LogP contribution in [-0.2, 0) is 23.1 Å². The number of carbonyl (C=O) groups is 2. The number of carbonyl (C=O) groups excluding carboxylic acids is 2. The van der Waals surface area contributed by atoms with Gasteiger partial charge in [-0.2, -0.15) is 5.10 Å². The molecule has 3 fully saturated rings. The highest BCUT2D eigenvalue weighted by atomic mass is 16.2. The van der Waals surface area contributed by atoms with Crippen LogP contribution in [0.4, 0.5) is 5.82 Å². The highest BCUT2D eigenvalue weighted by Crippen LogP contribution is 2.42. The molecule has 1 aromatic heterocycles. The van der Waals surface area contributed by atoms with Crippen LogP contribution >= 0.6 is 0 Å². The Balaban J connectivity index is 1.32. The first-order valence-corrected chi connectivity index (χ1v) is 11.4. The van der Waals surface area contributed by atoms with Gasteiger partial charge in [-0.25, -0.2) is 0 Å². The Morgan fingerprint density at radius 1 is 1.16 bits per heavy atom. The number of rotatable bonds is 5. The third-order valence-corrected chi connectivity index (χ3v) is 7.21. The molecule has 1 N–H and O–H groups in total. The van der Waals surface area contributed by atoms with Crippen LogP contribution in [0.2, 0.25) is 0 Å². The number of amides is 2. The van der Waals surface area contributed by atoms with Gasteiger partial charge >= 0.3 is 0 Å². The van der Waals surface area contributed by atoms with Crippen LogP contribution in [0.5, 0.6) is 0 Å². The number of likely N-dealkylation sites (tertiary alicyclic amines) is 1. The number of nitrogens with one attached hydrogen (secondary N) is 1. The number of nitrogens with zero attached hydrogens (tertiary/aromatic N) is 4. The monoisotopic (exact) mass is 421 g/mol. The van der Waals surface area contributed by atoms with Crippen molar-refractivity contribution < 1.29 is 9.59 Å². The minimum absolute atomic E-state index is 0.0186. The zero-order valence-corrected chi connectivity index (χ0v) is 18.1.